The minimum absolute atomic E-state index is 0.587. The number of rotatable bonds is 2. The Hall–Kier alpha value is -1.75. The van der Waals surface area contributed by atoms with E-state index in [-0.39, 0.29) is 0 Å². The third-order valence-electron chi connectivity index (χ3n) is 1.53. The van der Waals surface area contributed by atoms with Gasteiger partial charge in [-0.1, -0.05) is 12.7 Å². The topological polar surface area (TPSA) is 33.0 Å². The van der Waals surface area contributed by atoms with Crippen molar-refractivity contribution in [2.75, 3.05) is 7.11 Å². The fourth-order valence-corrected chi connectivity index (χ4v) is 0.922. The second-order valence-electron chi connectivity index (χ2n) is 2.31. The van der Waals surface area contributed by atoms with Crippen LogP contribution in [0.25, 0.3) is 6.08 Å². The molecule has 12 heavy (non-hydrogen) atoms. The predicted octanol–water partition coefficient (Wildman–Crippen LogP) is 2.21. The average molecular weight is 159 g/mol. The second kappa shape index (κ2) is 3.59. The Balaban J connectivity index is 3.21. The molecule has 0 N–H and O–H groups in total. The summed E-state index contributed by atoms with van der Waals surface area (Å²) in [5, 5.41) is 8.64. The SMILES string of the molecule is C=Cc1cc(C#N)cc(OC)c1. The van der Waals surface area contributed by atoms with Crippen LogP contribution in [-0.2, 0) is 0 Å². The first-order chi connectivity index (χ1) is 5.80. The molecular weight excluding hydrogens is 150 g/mol. The quantitative estimate of drug-likeness (QED) is 0.662. The molecule has 0 aliphatic rings. The summed E-state index contributed by atoms with van der Waals surface area (Å²) in [6.07, 6.45) is 1.68. The van der Waals surface area contributed by atoms with Gasteiger partial charge in [-0.15, -0.1) is 0 Å². The lowest BCUT2D eigenvalue weighted by molar-refractivity contribution is 0.414. The van der Waals surface area contributed by atoms with E-state index in [1.165, 1.54) is 0 Å². The van der Waals surface area contributed by atoms with Gasteiger partial charge in [0.15, 0.2) is 0 Å². The van der Waals surface area contributed by atoms with Crippen molar-refractivity contribution in [1.82, 2.24) is 0 Å². The van der Waals surface area contributed by atoms with Gasteiger partial charge in [-0.2, -0.15) is 5.26 Å². The Labute approximate surface area is 71.7 Å². The van der Waals surface area contributed by atoms with Crippen LogP contribution in [0, 0.1) is 11.3 Å². The molecule has 60 valence electrons. The number of hydrogen-bond donors (Lipinski definition) is 0. The van der Waals surface area contributed by atoms with Crippen molar-refractivity contribution in [1.29, 1.82) is 5.26 Å². The predicted molar refractivity (Wildman–Crippen MR) is 47.8 cm³/mol. The van der Waals surface area contributed by atoms with E-state index in [1.807, 2.05) is 12.1 Å². The van der Waals surface area contributed by atoms with Gasteiger partial charge in [-0.25, -0.2) is 0 Å². The van der Waals surface area contributed by atoms with E-state index in [1.54, 1.807) is 25.3 Å². The number of benzene rings is 1. The Morgan fingerprint density at radius 2 is 2.25 bits per heavy atom. The number of hydrogen-bond acceptors (Lipinski definition) is 2. The first-order valence-electron chi connectivity index (χ1n) is 3.51. The molecule has 0 atom stereocenters. The number of nitrogens with zero attached hydrogens (tertiary/aromatic N) is 1. The second-order valence-corrected chi connectivity index (χ2v) is 2.31. The Morgan fingerprint density at radius 1 is 1.50 bits per heavy atom. The molecule has 1 aromatic rings. The van der Waals surface area contributed by atoms with E-state index in [0.717, 1.165) is 5.56 Å². The normalized spacial score (nSPS) is 8.67. The fourth-order valence-electron chi connectivity index (χ4n) is 0.922. The lowest BCUT2D eigenvalue weighted by Crippen LogP contribution is -1.85. The Kier molecular flexibility index (Phi) is 2.49. The fraction of sp³-hybridized carbons (Fsp3) is 0.100. The van der Waals surface area contributed by atoms with Gasteiger partial charge in [0.25, 0.3) is 0 Å². The van der Waals surface area contributed by atoms with Crippen LogP contribution in [-0.4, -0.2) is 7.11 Å². The number of nitriles is 1. The van der Waals surface area contributed by atoms with Gasteiger partial charge in [-0.05, 0) is 23.8 Å². The van der Waals surface area contributed by atoms with Crippen LogP contribution in [0.1, 0.15) is 11.1 Å². The number of methoxy groups -OCH3 is 1. The van der Waals surface area contributed by atoms with Gasteiger partial charge in [-0.3, -0.25) is 0 Å². The minimum atomic E-state index is 0.587. The largest absolute Gasteiger partial charge is 0.497 e. The van der Waals surface area contributed by atoms with E-state index >= 15 is 0 Å². The van der Waals surface area contributed by atoms with Gasteiger partial charge < -0.3 is 4.74 Å². The molecule has 0 amide bonds. The summed E-state index contributed by atoms with van der Waals surface area (Å²) in [4.78, 5) is 0. The maximum atomic E-state index is 8.64. The van der Waals surface area contributed by atoms with Gasteiger partial charge in [0.05, 0.1) is 18.7 Å². The summed E-state index contributed by atoms with van der Waals surface area (Å²) in [5.74, 6) is 0.684. The summed E-state index contributed by atoms with van der Waals surface area (Å²) in [6.45, 7) is 3.62. The maximum absolute atomic E-state index is 8.64. The van der Waals surface area contributed by atoms with E-state index in [9.17, 15) is 0 Å². The van der Waals surface area contributed by atoms with Crippen molar-refractivity contribution < 1.29 is 4.74 Å². The molecule has 0 aliphatic carbocycles. The van der Waals surface area contributed by atoms with Crippen molar-refractivity contribution >= 4 is 6.08 Å². The summed E-state index contributed by atoms with van der Waals surface area (Å²) >= 11 is 0. The molecule has 0 bridgehead atoms. The minimum Gasteiger partial charge on any atom is -0.497 e. The van der Waals surface area contributed by atoms with Crippen LogP contribution in [0.15, 0.2) is 24.8 Å². The molecule has 2 nitrogen and oxygen atoms in total. The average Bonchev–Trinajstić information content (AvgIpc) is 2.16. The molecule has 0 saturated heterocycles. The highest BCUT2D eigenvalue weighted by Gasteiger charge is 1.97. The van der Waals surface area contributed by atoms with Crippen molar-refractivity contribution in [2.45, 2.75) is 0 Å². The summed E-state index contributed by atoms with van der Waals surface area (Å²) < 4.78 is 5.00. The van der Waals surface area contributed by atoms with Gasteiger partial charge in [0.2, 0.25) is 0 Å². The first kappa shape index (κ1) is 8.35. The van der Waals surface area contributed by atoms with Crippen molar-refractivity contribution in [2.24, 2.45) is 0 Å². The molecule has 0 fully saturated rings. The zero-order valence-corrected chi connectivity index (χ0v) is 6.87. The lowest BCUT2D eigenvalue weighted by Gasteiger charge is -2.01. The highest BCUT2D eigenvalue weighted by molar-refractivity contribution is 5.54. The molecule has 1 aromatic carbocycles. The first-order valence-corrected chi connectivity index (χ1v) is 3.51. The number of ether oxygens (including phenoxy) is 1. The van der Waals surface area contributed by atoms with Gasteiger partial charge >= 0.3 is 0 Å². The van der Waals surface area contributed by atoms with Crippen LogP contribution in [0.5, 0.6) is 5.75 Å². The summed E-state index contributed by atoms with van der Waals surface area (Å²) in [7, 11) is 1.57. The smallest absolute Gasteiger partial charge is 0.120 e. The zero-order valence-electron chi connectivity index (χ0n) is 6.87. The van der Waals surface area contributed by atoms with Crippen molar-refractivity contribution in [3.8, 4) is 11.8 Å². The molecule has 0 spiro atoms. The van der Waals surface area contributed by atoms with E-state index in [0.29, 0.717) is 11.3 Å². The Bertz CT molecular complexity index is 336. The van der Waals surface area contributed by atoms with Gasteiger partial charge in [0, 0.05) is 0 Å². The standard InChI is InChI=1S/C10H9NO/c1-3-8-4-9(7-11)6-10(5-8)12-2/h3-6H,1H2,2H3. The maximum Gasteiger partial charge on any atom is 0.120 e. The highest BCUT2D eigenvalue weighted by atomic mass is 16.5. The molecule has 0 unspecified atom stereocenters. The molecule has 0 radical (unpaired) electrons. The van der Waals surface area contributed by atoms with Crippen LogP contribution in [0.3, 0.4) is 0 Å². The van der Waals surface area contributed by atoms with Crippen molar-refractivity contribution in [3.05, 3.63) is 35.9 Å². The highest BCUT2D eigenvalue weighted by Crippen LogP contribution is 2.16. The Morgan fingerprint density at radius 3 is 2.75 bits per heavy atom. The molecule has 0 saturated carbocycles. The van der Waals surface area contributed by atoms with Crippen LogP contribution in [0.4, 0.5) is 0 Å². The van der Waals surface area contributed by atoms with E-state index in [2.05, 4.69) is 6.58 Å². The molecule has 0 aromatic heterocycles. The molecular formula is C10H9NO. The van der Waals surface area contributed by atoms with Crippen molar-refractivity contribution in [3.63, 3.8) is 0 Å². The third-order valence-corrected chi connectivity index (χ3v) is 1.53. The van der Waals surface area contributed by atoms with E-state index in [4.69, 9.17) is 10.00 Å². The molecule has 2 heteroatoms. The van der Waals surface area contributed by atoms with Crippen LogP contribution < -0.4 is 4.74 Å². The van der Waals surface area contributed by atoms with Gasteiger partial charge in [0.1, 0.15) is 5.75 Å². The van der Waals surface area contributed by atoms with Crippen LogP contribution in [0.2, 0.25) is 0 Å². The molecule has 0 heterocycles. The van der Waals surface area contributed by atoms with Crippen LogP contribution >= 0.6 is 0 Å². The molecule has 1 rings (SSSR count). The third kappa shape index (κ3) is 1.64. The lowest BCUT2D eigenvalue weighted by atomic mass is 10.1. The molecule has 0 aliphatic heterocycles. The monoisotopic (exact) mass is 159 g/mol. The zero-order chi connectivity index (χ0) is 8.97. The summed E-state index contributed by atoms with van der Waals surface area (Å²) in [6, 6.07) is 7.32. The van der Waals surface area contributed by atoms with E-state index < -0.39 is 0 Å². The summed E-state index contributed by atoms with van der Waals surface area (Å²) in [5.41, 5.74) is 1.48.